The molecule has 100 valence electrons. The van der Waals surface area contributed by atoms with Gasteiger partial charge in [-0.3, -0.25) is 0 Å². The Morgan fingerprint density at radius 1 is 1.21 bits per heavy atom. The Morgan fingerprint density at radius 3 is 2.84 bits per heavy atom. The molecular formula is C14H17ClN4. The second kappa shape index (κ2) is 5.45. The molecule has 0 spiro atoms. The third-order valence-corrected chi connectivity index (χ3v) is 3.28. The van der Waals surface area contributed by atoms with Crippen LogP contribution in [0.5, 0.6) is 0 Å². The molecule has 0 radical (unpaired) electrons. The highest BCUT2D eigenvalue weighted by atomic mass is 35.5. The van der Waals surface area contributed by atoms with E-state index in [1.165, 1.54) is 24.0 Å². The lowest BCUT2D eigenvalue weighted by Crippen LogP contribution is -2.02. The smallest absolute Gasteiger partial charge is 0.222 e. The highest BCUT2D eigenvalue weighted by Crippen LogP contribution is 2.30. The van der Waals surface area contributed by atoms with Crippen LogP contribution in [0.4, 0.5) is 17.5 Å². The lowest BCUT2D eigenvalue weighted by atomic mass is 10.1. The summed E-state index contributed by atoms with van der Waals surface area (Å²) in [5, 5.41) is 3.35. The first-order valence-electron chi connectivity index (χ1n) is 6.21. The molecule has 0 fully saturated rings. The van der Waals surface area contributed by atoms with Crippen LogP contribution in [-0.4, -0.2) is 9.97 Å². The number of nitrogen functional groups attached to an aromatic ring is 1. The van der Waals surface area contributed by atoms with Crippen LogP contribution in [0, 0.1) is 6.92 Å². The number of nitrogens with one attached hydrogen (secondary N) is 1. The van der Waals surface area contributed by atoms with Crippen LogP contribution in [0.15, 0.2) is 24.3 Å². The Morgan fingerprint density at radius 2 is 2.05 bits per heavy atom. The van der Waals surface area contributed by atoms with Crippen molar-refractivity contribution in [3.05, 3.63) is 41.1 Å². The Bertz CT molecular complexity index is 578. The van der Waals surface area contributed by atoms with Gasteiger partial charge in [0.15, 0.2) is 0 Å². The maximum absolute atomic E-state index is 5.66. The van der Waals surface area contributed by atoms with E-state index in [9.17, 15) is 0 Å². The molecule has 1 aliphatic rings. The lowest BCUT2D eigenvalue weighted by molar-refractivity contribution is 0.912. The highest BCUT2D eigenvalue weighted by Gasteiger charge is 2.14. The average molecular weight is 277 g/mol. The van der Waals surface area contributed by atoms with E-state index >= 15 is 0 Å². The van der Waals surface area contributed by atoms with Gasteiger partial charge in [-0.05, 0) is 43.4 Å². The van der Waals surface area contributed by atoms with Crippen molar-refractivity contribution in [2.45, 2.75) is 26.2 Å². The van der Waals surface area contributed by atoms with Crippen LogP contribution >= 0.6 is 12.4 Å². The van der Waals surface area contributed by atoms with E-state index in [4.69, 9.17) is 5.73 Å². The summed E-state index contributed by atoms with van der Waals surface area (Å²) >= 11 is 0. The zero-order chi connectivity index (χ0) is 12.5. The number of hydrogen-bond acceptors (Lipinski definition) is 4. The van der Waals surface area contributed by atoms with Gasteiger partial charge in [0, 0.05) is 17.4 Å². The second-order valence-electron chi connectivity index (χ2n) is 4.67. The molecule has 3 rings (SSSR count). The van der Waals surface area contributed by atoms with Gasteiger partial charge in [0.2, 0.25) is 5.95 Å². The third kappa shape index (κ3) is 2.79. The lowest BCUT2D eigenvalue weighted by Gasteiger charge is -2.11. The van der Waals surface area contributed by atoms with E-state index in [1.807, 2.05) is 13.0 Å². The first kappa shape index (κ1) is 13.6. The van der Waals surface area contributed by atoms with Gasteiger partial charge in [-0.25, -0.2) is 4.98 Å². The Hall–Kier alpha value is -1.81. The summed E-state index contributed by atoms with van der Waals surface area (Å²) in [4.78, 5) is 8.29. The molecule has 0 atom stereocenters. The minimum atomic E-state index is 0. The van der Waals surface area contributed by atoms with Gasteiger partial charge in [-0.2, -0.15) is 4.98 Å². The van der Waals surface area contributed by atoms with Crippen molar-refractivity contribution >= 4 is 29.9 Å². The summed E-state index contributed by atoms with van der Waals surface area (Å²) in [5.74, 6) is 1.07. The molecule has 0 amide bonds. The fourth-order valence-corrected chi connectivity index (χ4v) is 2.53. The summed E-state index contributed by atoms with van der Waals surface area (Å²) in [6.45, 7) is 1.92. The Kier molecular flexibility index (Phi) is 3.90. The Balaban J connectivity index is 0.00000133. The van der Waals surface area contributed by atoms with Crippen molar-refractivity contribution < 1.29 is 0 Å². The fraction of sp³-hybridized carbons (Fsp3) is 0.286. The summed E-state index contributed by atoms with van der Waals surface area (Å²) in [6.07, 6.45) is 3.55. The van der Waals surface area contributed by atoms with Gasteiger partial charge in [0.25, 0.3) is 0 Å². The molecule has 0 saturated carbocycles. The molecule has 0 aliphatic heterocycles. The number of nitrogens with zero attached hydrogens (tertiary/aromatic N) is 2. The van der Waals surface area contributed by atoms with Gasteiger partial charge >= 0.3 is 0 Å². The van der Waals surface area contributed by atoms with Crippen LogP contribution in [0.2, 0.25) is 0 Å². The number of hydrogen-bond donors (Lipinski definition) is 2. The van der Waals surface area contributed by atoms with E-state index in [2.05, 4.69) is 33.5 Å². The molecule has 0 bridgehead atoms. The first-order valence-corrected chi connectivity index (χ1v) is 6.21. The summed E-state index contributed by atoms with van der Waals surface area (Å²) in [6, 6.07) is 8.29. The van der Waals surface area contributed by atoms with Gasteiger partial charge in [-0.1, -0.05) is 12.1 Å². The van der Waals surface area contributed by atoms with E-state index in [1.54, 1.807) is 0 Å². The average Bonchev–Trinajstić information content (AvgIpc) is 2.76. The highest BCUT2D eigenvalue weighted by molar-refractivity contribution is 5.85. The van der Waals surface area contributed by atoms with Crippen molar-refractivity contribution in [3.63, 3.8) is 0 Å². The molecule has 1 aromatic heterocycles. The summed E-state index contributed by atoms with van der Waals surface area (Å²) < 4.78 is 0. The van der Waals surface area contributed by atoms with E-state index in [-0.39, 0.29) is 12.4 Å². The normalized spacial score (nSPS) is 12.7. The second-order valence-corrected chi connectivity index (χ2v) is 4.67. The minimum Gasteiger partial charge on any atom is -0.368 e. The van der Waals surface area contributed by atoms with Crippen molar-refractivity contribution in [1.29, 1.82) is 0 Å². The number of benzene rings is 1. The maximum Gasteiger partial charge on any atom is 0.222 e. The SMILES string of the molecule is Cc1cc(Nc2cccc3c2CCC3)nc(N)n1.Cl. The first-order chi connectivity index (χ1) is 8.72. The number of rotatable bonds is 2. The van der Waals surface area contributed by atoms with Gasteiger partial charge in [0.05, 0.1) is 0 Å². The quantitative estimate of drug-likeness (QED) is 0.885. The zero-order valence-corrected chi connectivity index (χ0v) is 11.6. The number of aromatic nitrogens is 2. The molecular weight excluding hydrogens is 260 g/mol. The molecule has 1 aliphatic carbocycles. The standard InChI is InChI=1S/C14H16N4.ClH/c1-9-8-13(18-14(15)16-9)17-12-7-3-5-10-4-2-6-11(10)12;/h3,5,7-8H,2,4,6H2,1H3,(H3,15,16,17,18);1H. The molecule has 19 heavy (non-hydrogen) atoms. The number of halogens is 1. The molecule has 0 unspecified atom stereocenters. The van der Waals surface area contributed by atoms with Crippen molar-refractivity contribution in [3.8, 4) is 0 Å². The van der Waals surface area contributed by atoms with Crippen LogP contribution in [-0.2, 0) is 12.8 Å². The van der Waals surface area contributed by atoms with Crippen LogP contribution in [0.1, 0.15) is 23.2 Å². The minimum absolute atomic E-state index is 0. The Labute approximate surface area is 118 Å². The van der Waals surface area contributed by atoms with Gasteiger partial charge in [0.1, 0.15) is 5.82 Å². The van der Waals surface area contributed by atoms with Gasteiger partial charge in [-0.15, -0.1) is 12.4 Å². The van der Waals surface area contributed by atoms with Gasteiger partial charge < -0.3 is 11.1 Å². The van der Waals surface area contributed by atoms with Crippen molar-refractivity contribution in [2.75, 3.05) is 11.1 Å². The molecule has 3 N–H and O–H groups in total. The molecule has 1 aromatic carbocycles. The third-order valence-electron chi connectivity index (χ3n) is 3.28. The predicted octanol–water partition coefficient (Wildman–Crippen LogP) is 3.02. The molecule has 2 aromatic rings. The molecule has 4 nitrogen and oxygen atoms in total. The van der Waals surface area contributed by atoms with Crippen molar-refractivity contribution in [1.82, 2.24) is 9.97 Å². The van der Waals surface area contributed by atoms with E-state index in [0.29, 0.717) is 5.95 Å². The number of nitrogens with two attached hydrogens (primary N) is 1. The molecule has 5 heteroatoms. The predicted molar refractivity (Wildman–Crippen MR) is 80.2 cm³/mol. The maximum atomic E-state index is 5.66. The fourth-order valence-electron chi connectivity index (χ4n) is 2.53. The topological polar surface area (TPSA) is 63.8 Å². The number of fused-ring (bicyclic) bond motifs is 1. The summed E-state index contributed by atoms with van der Waals surface area (Å²) in [5.41, 5.74) is 10.5. The largest absolute Gasteiger partial charge is 0.368 e. The molecule has 0 saturated heterocycles. The van der Waals surface area contributed by atoms with E-state index < -0.39 is 0 Å². The number of anilines is 3. The molecule has 1 heterocycles. The van der Waals surface area contributed by atoms with Crippen LogP contribution in [0.25, 0.3) is 0 Å². The van der Waals surface area contributed by atoms with Crippen LogP contribution < -0.4 is 11.1 Å². The van der Waals surface area contributed by atoms with E-state index in [0.717, 1.165) is 23.6 Å². The zero-order valence-electron chi connectivity index (χ0n) is 10.8. The van der Waals surface area contributed by atoms with Crippen LogP contribution in [0.3, 0.4) is 0 Å². The summed E-state index contributed by atoms with van der Waals surface area (Å²) in [7, 11) is 0. The monoisotopic (exact) mass is 276 g/mol. The number of aryl methyl sites for hydroxylation is 2. The van der Waals surface area contributed by atoms with Crippen molar-refractivity contribution in [2.24, 2.45) is 0 Å².